The number of hydrogen-bond donors (Lipinski definition) is 0. The molecule has 0 atom stereocenters. The number of nitrogens with zero attached hydrogens (tertiary/aromatic N) is 6. The molecule has 0 aliphatic carbocycles. The van der Waals surface area contributed by atoms with Crippen LogP contribution in [0.3, 0.4) is 0 Å². The number of hydrogen-bond acceptors (Lipinski definition) is 5. The Kier molecular flexibility index (Phi) is 5.59. The summed E-state index contributed by atoms with van der Waals surface area (Å²) in [5.41, 5.74) is 3.47. The number of nitriles is 1. The third-order valence-corrected chi connectivity index (χ3v) is 24.1. The lowest BCUT2D eigenvalue weighted by Crippen LogP contribution is -2.71. The van der Waals surface area contributed by atoms with Gasteiger partial charge in [0, 0.05) is 36.2 Å². The fourth-order valence-corrected chi connectivity index (χ4v) is 12.5. The average molecular weight is 457 g/mol. The SMILES string of the molecule is [C-]#[N+]c1cccc(N2C=CN([Si](C)(C)[Si](C)(C)N3C=CN(c4cccc(C#N)c4)C3)C2)c1. The first-order valence-corrected chi connectivity index (χ1v) is 17.6. The molecule has 0 aromatic heterocycles. The summed E-state index contributed by atoms with van der Waals surface area (Å²) in [7, 11) is -3.66. The van der Waals surface area contributed by atoms with Crippen molar-refractivity contribution in [1.82, 2.24) is 9.13 Å². The zero-order valence-corrected chi connectivity index (χ0v) is 21.0. The van der Waals surface area contributed by atoms with Crippen LogP contribution in [0.1, 0.15) is 5.56 Å². The lowest BCUT2D eigenvalue weighted by atomic mass is 10.2. The van der Waals surface area contributed by atoms with Gasteiger partial charge in [-0.3, -0.25) is 0 Å². The van der Waals surface area contributed by atoms with Gasteiger partial charge in [-0.2, -0.15) is 5.26 Å². The van der Waals surface area contributed by atoms with Gasteiger partial charge < -0.3 is 18.9 Å². The zero-order chi connectivity index (χ0) is 22.9. The second-order valence-electron chi connectivity index (χ2n) is 9.17. The second kappa shape index (κ2) is 8.23. The summed E-state index contributed by atoms with van der Waals surface area (Å²) < 4.78 is 5.10. The standard InChI is InChI=1S/C24H28N6Si2/c1-26-22-9-7-11-24(17-22)28-13-15-30(20-28)32(4,5)31(2,3)29-14-12-27(19-29)23-10-6-8-21(16-23)18-25/h6-17H,19-20H2,2-5H3. The Hall–Kier alpha value is -3.47. The maximum absolute atomic E-state index is 9.23. The van der Waals surface area contributed by atoms with Crippen molar-refractivity contribution < 1.29 is 0 Å². The molecule has 0 saturated heterocycles. The van der Waals surface area contributed by atoms with Gasteiger partial charge in [0.05, 0.1) is 31.5 Å². The van der Waals surface area contributed by atoms with Crippen molar-refractivity contribution in [1.29, 1.82) is 5.26 Å². The Morgan fingerprint density at radius 2 is 1.34 bits per heavy atom. The molecule has 162 valence electrons. The second-order valence-corrected chi connectivity index (χ2v) is 23.9. The van der Waals surface area contributed by atoms with E-state index in [0.29, 0.717) is 11.3 Å². The molecule has 0 fully saturated rings. The highest BCUT2D eigenvalue weighted by Gasteiger charge is 2.51. The summed E-state index contributed by atoms with van der Waals surface area (Å²) in [6.45, 7) is 18.8. The monoisotopic (exact) mass is 456 g/mol. The largest absolute Gasteiger partial charge is 0.386 e. The smallest absolute Gasteiger partial charge is 0.189 e. The zero-order valence-electron chi connectivity index (χ0n) is 19.0. The number of anilines is 2. The molecule has 0 unspecified atom stereocenters. The van der Waals surface area contributed by atoms with Gasteiger partial charge in [0.25, 0.3) is 0 Å². The molecule has 0 radical (unpaired) electrons. The molecule has 2 aliphatic heterocycles. The van der Waals surface area contributed by atoms with Gasteiger partial charge >= 0.3 is 0 Å². The van der Waals surface area contributed by atoms with E-state index < -0.39 is 15.5 Å². The Bertz CT molecular complexity index is 1070. The van der Waals surface area contributed by atoms with Crippen LogP contribution in [0.25, 0.3) is 4.85 Å². The highest BCUT2D eigenvalue weighted by atomic mass is 29.3. The van der Waals surface area contributed by atoms with E-state index in [9.17, 15) is 5.26 Å². The van der Waals surface area contributed by atoms with E-state index in [1.807, 2.05) is 36.4 Å². The van der Waals surface area contributed by atoms with Crippen LogP contribution in [-0.4, -0.2) is 38.0 Å². The molecule has 2 heterocycles. The molecule has 0 bridgehead atoms. The summed E-state index contributed by atoms with van der Waals surface area (Å²) in [5, 5.41) is 9.23. The molecule has 0 N–H and O–H groups in total. The van der Waals surface area contributed by atoms with Crippen molar-refractivity contribution in [3.63, 3.8) is 0 Å². The van der Waals surface area contributed by atoms with E-state index in [0.717, 1.165) is 24.7 Å². The van der Waals surface area contributed by atoms with Crippen LogP contribution in [0.4, 0.5) is 17.1 Å². The van der Waals surface area contributed by atoms with Gasteiger partial charge in [-0.15, -0.1) is 0 Å². The third-order valence-electron chi connectivity index (χ3n) is 6.99. The summed E-state index contributed by atoms with van der Waals surface area (Å²) in [6.07, 6.45) is 8.75. The molecule has 0 amide bonds. The number of benzene rings is 2. The molecular weight excluding hydrogens is 428 g/mol. The summed E-state index contributed by atoms with van der Waals surface area (Å²) >= 11 is 0. The highest BCUT2D eigenvalue weighted by Crippen LogP contribution is 2.34. The Balaban J connectivity index is 1.49. The molecule has 6 nitrogen and oxygen atoms in total. The van der Waals surface area contributed by atoms with E-state index in [1.54, 1.807) is 0 Å². The van der Waals surface area contributed by atoms with E-state index in [-0.39, 0.29) is 0 Å². The topological polar surface area (TPSA) is 41.1 Å². The van der Waals surface area contributed by atoms with E-state index in [2.05, 4.69) is 93.0 Å². The first-order chi connectivity index (χ1) is 15.3. The average Bonchev–Trinajstić information content (AvgIpc) is 3.50. The van der Waals surface area contributed by atoms with Gasteiger partial charge in [-0.1, -0.05) is 44.4 Å². The summed E-state index contributed by atoms with van der Waals surface area (Å²) in [4.78, 5) is 8.02. The summed E-state index contributed by atoms with van der Waals surface area (Å²) in [5.74, 6) is 0. The Labute approximate surface area is 192 Å². The minimum atomic E-state index is -1.83. The van der Waals surface area contributed by atoms with Crippen molar-refractivity contribution in [2.24, 2.45) is 0 Å². The predicted octanol–water partition coefficient (Wildman–Crippen LogP) is 5.40. The summed E-state index contributed by atoms with van der Waals surface area (Å²) in [6, 6.07) is 17.8. The minimum Gasteiger partial charge on any atom is -0.386 e. The maximum Gasteiger partial charge on any atom is 0.189 e. The fraction of sp³-hybridized carbons (Fsp3) is 0.250. The molecule has 8 heteroatoms. The van der Waals surface area contributed by atoms with Gasteiger partial charge in [0.15, 0.2) is 21.2 Å². The predicted molar refractivity (Wildman–Crippen MR) is 135 cm³/mol. The fourth-order valence-electron chi connectivity index (χ4n) is 4.10. The van der Waals surface area contributed by atoms with Crippen LogP contribution in [0, 0.1) is 17.9 Å². The number of rotatable bonds is 5. The van der Waals surface area contributed by atoms with E-state index in [1.165, 1.54) is 0 Å². The third kappa shape index (κ3) is 3.79. The Morgan fingerprint density at radius 1 is 0.812 bits per heavy atom. The molecule has 0 spiro atoms. The van der Waals surface area contributed by atoms with Crippen molar-refractivity contribution in [2.75, 3.05) is 23.1 Å². The van der Waals surface area contributed by atoms with Gasteiger partial charge in [0.1, 0.15) is 0 Å². The minimum absolute atomic E-state index is 0.670. The first kappa shape index (κ1) is 21.8. The molecule has 4 rings (SSSR count). The molecular formula is C24H28N6Si2. The first-order valence-electron chi connectivity index (χ1n) is 10.7. The van der Waals surface area contributed by atoms with Crippen LogP contribution >= 0.6 is 0 Å². The molecule has 32 heavy (non-hydrogen) atoms. The highest BCUT2D eigenvalue weighted by molar-refractivity contribution is 7.38. The normalized spacial score (nSPS) is 15.9. The van der Waals surface area contributed by atoms with Gasteiger partial charge in [-0.25, -0.2) is 4.85 Å². The molecule has 2 aromatic rings. The van der Waals surface area contributed by atoms with Crippen LogP contribution in [0.2, 0.25) is 26.2 Å². The van der Waals surface area contributed by atoms with Crippen molar-refractivity contribution in [3.8, 4) is 6.07 Å². The Morgan fingerprint density at radius 3 is 1.88 bits per heavy atom. The quantitative estimate of drug-likeness (QED) is 0.445. The van der Waals surface area contributed by atoms with Crippen molar-refractivity contribution in [2.45, 2.75) is 26.2 Å². The van der Waals surface area contributed by atoms with E-state index >= 15 is 0 Å². The molecule has 2 aliphatic rings. The van der Waals surface area contributed by atoms with E-state index in [4.69, 9.17) is 6.57 Å². The van der Waals surface area contributed by atoms with Crippen LogP contribution in [0.5, 0.6) is 0 Å². The van der Waals surface area contributed by atoms with Crippen LogP contribution in [0.15, 0.2) is 73.3 Å². The van der Waals surface area contributed by atoms with Crippen molar-refractivity contribution in [3.05, 3.63) is 90.3 Å². The maximum atomic E-state index is 9.23. The lowest BCUT2D eigenvalue weighted by Gasteiger charge is -2.49. The van der Waals surface area contributed by atoms with Crippen LogP contribution in [-0.2, 0) is 0 Å². The van der Waals surface area contributed by atoms with Gasteiger partial charge in [0.2, 0.25) is 0 Å². The van der Waals surface area contributed by atoms with Crippen LogP contribution < -0.4 is 9.80 Å². The van der Waals surface area contributed by atoms with Crippen molar-refractivity contribution >= 4 is 32.6 Å². The lowest BCUT2D eigenvalue weighted by molar-refractivity contribution is 0.580. The molecule has 2 aromatic carbocycles. The van der Waals surface area contributed by atoms with Gasteiger partial charge in [-0.05, 0) is 30.3 Å². The molecule has 0 saturated carbocycles.